The Morgan fingerprint density at radius 1 is 1.29 bits per heavy atom. The van der Waals surface area contributed by atoms with Crippen LogP contribution in [0, 0.1) is 11.7 Å². The number of hydrogen-bond acceptors (Lipinski definition) is 1. The molecule has 1 aromatic carbocycles. The zero-order valence-corrected chi connectivity index (χ0v) is 11.5. The van der Waals surface area contributed by atoms with E-state index in [4.69, 9.17) is 11.6 Å². The number of likely N-dealkylation sites (N-methyl/N-ethyl adjacent to an activating group) is 1. The average Bonchev–Trinajstić information content (AvgIpc) is 2.33. The minimum Gasteiger partial charge on any atom is -0.319 e. The predicted molar refractivity (Wildman–Crippen MR) is 72.1 cm³/mol. The van der Waals surface area contributed by atoms with Crippen LogP contribution in [0.5, 0.6) is 0 Å². The van der Waals surface area contributed by atoms with Crippen molar-refractivity contribution in [2.24, 2.45) is 5.92 Å². The predicted octanol–water partition coefficient (Wildman–Crippen LogP) is 4.22. The first-order chi connectivity index (χ1) is 8.15. The van der Waals surface area contributed by atoms with Crippen LogP contribution in [0.25, 0.3) is 0 Å². The molecule has 17 heavy (non-hydrogen) atoms. The minimum absolute atomic E-state index is 0.189. The molecule has 1 atom stereocenters. The summed E-state index contributed by atoms with van der Waals surface area (Å²) in [6.45, 7) is 5.09. The van der Waals surface area contributed by atoms with E-state index in [0.29, 0.717) is 5.92 Å². The molecule has 0 aliphatic carbocycles. The van der Waals surface area contributed by atoms with Crippen LogP contribution in [0.2, 0.25) is 5.02 Å². The van der Waals surface area contributed by atoms with E-state index in [2.05, 4.69) is 19.2 Å². The molecule has 0 aromatic heterocycles. The summed E-state index contributed by atoms with van der Waals surface area (Å²) in [6.07, 6.45) is 2.10. The van der Waals surface area contributed by atoms with Gasteiger partial charge in [0.1, 0.15) is 5.82 Å². The molecular formula is C14H21ClFN. The number of nitrogens with one attached hydrogen (secondary N) is 1. The molecule has 0 aliphatic rings. The summed E-state index contributed by atoms with van der Waals surface area (Å²) >= 11 is 5.85. The maximum atomic E-state index is 14.0. The van der Waals surface area contributed by atoms with E-state index < -0.39 is 0 Å². The second-order valence-corrected chi connectivity index (χ2v) is 4.79. The third-order valence-corrected chi connectivity index (χ3v) is 3.71. The van der Waals surface area contributed by atoms with Crippen LogP contribution in [0.1, 0.15) is 38.2 Å². The Kier molecular flexibility index (Phi) is 5.93. The quantitative estimate of drug-likeness (QED) is 0.805. The molecular weight excluding hydrogens is 237 g/mol. The smallest absolute Gasteiger partial charge is 0.145 e. The maximum absolute atomic E-state index is 14.0. The van der Waals surface area contributed by atoms with Gasteiger partial charge in [-0.15, -0.1) is 0 Å². The molecule has 0 spiro atoms. The highest BCUT2D eigenvalue weighted by Gasteiger charge is 2.23. The molecule has 0 heterocycles. The standard InChI is InChI=1S/C14H21ClFN/c1-4-10(5-2)12(9-17-3)11-7-6-8-13(15)14(11)16/h6-8,10,12,17H,4-5,9H2,1-3H3. The van der Waals surface area contributed by atoms with E-state index in [-0.39, 0.29) is 16.8 Å². The average molecular weight is 258 g/mol. The van der Waals surface area contributed by atoms with Gasteiger partial charge in [0, 0.05) is 12.5 Å². The van der Waals surface area contributed by atoms with Gasteiger partial charge in [-0.25, -0.2) is 4.39 Å². The van der Waals surface area contributed by atoms with Gasteiger partial charge >= 0.3 is 0 Å². The highest BCUT2D eigenvalue weighted by atomic mass is 35.5. The van der Waals surface area contributed by atoms with Crippen molar-refractivity contribution in [2.45, 2.75) is 32.6 Å². The van der Waals surface area contributed by atoms with Crippen molar-refractivity contribution < 1.29 is 4.39 Å². The van der Waals surface area contributed by atoms with E-state index in [1.165, 1.54) is 0 Å². The Balaban J connectivity index is 3.08. The van der Waals surface area contributed by atoms with E-state index >= 15 is 0 Å². The molecule has 1 N–H and O–H groups in total. The van der Waals surface area contributed by atoms with E-state index in [0.717, 1.165) is 24.9 Å². The normalized spacial score (nSPS) is 13.1. The fourth-order valence-electron chi connectivity index (χ4n) is 2.42. The molecule has 0 amide bonds. The molecule has 0 bridgehead atoms. The molecule has 0 radical (unpaired) electrons. The minimum atomic E-state index is -0.263. The summed E-state index contributed by atoms with van der Waals surface area (Å²) < 4.78 is 14.0. The van der Waals surface area contributed by atoms with Crippen LogP contribution in [0.15, 0.2) is 18.2 Å². The van der Waals surface area contributed by atoms with Gasteiger partial charge in [-0.2, -0.15) is 0 Å². The third-order valence-electron chi connectivity index (χ3n) is 3.42. The fourth-order valence-corrected chi connectivity index (χ4v) is 2.60. The second-order valence-electron chi connectivity index (χ2n) is 4.38. The van der Waals surface area contributed by atoms with E-state index in [1.54, 1.807) is 6.07 Å². The van der Waals surface area contributed by atoms with Gasteiger partial charge in [-0.1, -0.05) is 50.4 Å². The van der Waals surface area contributed by atoms with Gasteiger partial charge in [0.05, 0.1) is 5.02 Å². The number of hydrogen-bond donors (Lipinski definition) is 1. The SMILES string of the molecule is CCC(CC)C(CNC)c1cccc(Cl)c1F. The first kappa shape index (κ1) is 14.5. The van der Waals surface area contributed by atoms with Crippen LogP contribution in [0.4, 0.5) is 4.39 Å². The zero-order valence-electron chi connectivity index (χ0n) is 10.8. The molecule has 0 saturated heterocycles. The van der Waals surface area contributed by atoms with Gasteiger partial charge in [0.2, 0.25) is 0 Å². The summed E-state index contributed by atoms with van der Waals surface area (Å²) in [5.74, 6) is 0.408. The zero-order chi connectivity index (χ0) is 12.8. The lowest BCUT2D eigenvalue weighted by atomic mass is 9.82. The Bertz CT molecular complexity index is 350. The number of halogens is 2. The van der Waals surface area contributed by atoms with Crippen LogP contribution < -0.4 is 5.32 Å². The summed E-state index contributed by atoms with van der Waals surface area (Å²) in [7, 11) is 1.90. The van der Waals surface area contributed by atoms with Crippen LogP contribution >= 0.6 is 11.6 Å². The molecule has 0 aliphatic heterocycles. The van der Waals surface area contributed by atoms with Gasteiger partial charge in [0.25, 0.3) is 0 Å². The van der Waals surface area contributed by atoms with Crippen molar-refractivity contribution >= 4 is 11.6 Å². The van der Waals surface area contributed by atoms with Crippen LogP contribution in [-0.4, -0.2) is 13.6 Å². The Labute approximate surface area is 108 Å². The van der Waals surface area contributed by atoms with Crippen molar-refractivity contribution in [1.29, 1.82) is 0 Å². The van der Waals surface area contributed by atoms with Crippen molar-refractivity contribution in [3.8, 4) is 0 Å². The molecule has 1 aromatic rings. The van der Waals surface area contributed by atoms with Crippen molar-refractivity contribution in [3.63, 3.8) is 0 Å². The highest BCUT2D eigenvalue weighted by Crippen LogP contribution is 2.32. The van der Waals surface area contributed by atoms with Crippen LogP contribution in [-0.2, 0) is 0 Å². The van der Waals surface area contributed by atoms with E-state index in [9.17, 15) is 4.39 Å². The lowest BCUT2D eigenvalue weighted by molar-refractivity contribution is 0.377. The van der Waals surface area contributed by atoms with Gasteiger partial charge in [-0.3, -0.25) is 0 Å². The summed E-state index contributed by atoms with van der Waals surface area (Å²) in [4.78, 5) is 0. The summed E-state index contributed by atoms with van der Waals surface area (Å²) in [5, 5.41) is 3.37. The largest absolute Gasteiger partial charge is 0.319 e. The topological polar surface area (TPSA) is 12.0 Å². The number of benzene rings is 1. The summed E-state index contributed by atoms with van der Waals surface area (Å²) in [6, 6.07) is 5.27. The highest BCUT2D eigenvalue weighted by molar-refractivity contribution is 6.30. The molecule has 0 saturated carbocycles. The molecule has 1 unspecified atom stereocenters. The molecule has 1 rings (SSSR count). The van der Waals surface area contributed by atoms with Crippen molar-refractivity contribution in [3.05, 3.63) is 34.6 Å². The van der Waals surface area contributed by atoms with Gasteiger partial charge in [0.15, 0.2) is 0 Å². The van der Waals surface area contributed by atoms with Gasteiger partial charge < -0.3 is 5.32 Å². The lowest BCUT2D eigenvalue weighted by Crippen LogP contribution is -2.24. The van der Waals surface area contributed by atoms with E-state index in [1.807, 2.05) is 19.2 Å². The maximum Gasteiger partial charge on any atom is 0.145 e. The monoisotopic (exact) mass is 257 g/mol. The number of rotatable bonds is 6. The first-order valence-electron chi connectivity index (χ1n) is 6.24. The molecule has 96 valence electrons. The summed E-state index contributed by atoms with van der Waals surface area (Å²) in [5.41, 5.74) is 0.737. The fraction of sp³-hybridized carbons (Fsp3) is 0.571. The first-order valence-corrected chi connectivity index (χ1v) is 6.61. The Morgan fingerprint density at radius 3 is 2.47 bits per heavy atom. The molecule has 0 fully saturated rings. The molecule has 3 heteroatoms. The van der Waals surface area contributed by atoms with Crippen LogP contribution in [0.3, 0.4) is 0 Å². The lowest BCUT2D eigenvalue weighted by Gasteiger charge is -2.26. The Hall–Kier alpha value is -0.600. The third kappa shape index (κ3) is 3.43. The van der Waals surface area contributed by atoms with Gasteiger partial charge in [-0.05, 0) is 24.6 Å². The molecule has 1 nitrogen and oxygen atoms in total. The second kappa shape index (κ2) is 6.97. The van der Waals surface area contributed by atoms with Crippen molar-refractivity contribution in [2.75, 3.05) is 13.6 Å². The Morgan fingerprint density at radius 2 is 1.94 bits per heavy atom. The van der Waals surface area contributed by atoms with Crippen molar-refractivity contribution in [1.82, 2.24) is 5.32 Å².